The molecule has 8 heteroatoms. The standard InChI is InChI=1S/C50H93NO7/c1-6-8-10-12-14-16-18-20-22-24-26-28-30-32-34-36-38-40-48(52)57-45-46(44-56-43-42-47(50(54)55)51(3,4)5)58-49(53)41-39-37-35-33-31-29-27-25-23-21-19-17-15-13-11-9-7-2/h15,17,21,23,46-47H,6-14,16,18-20,22,24-45H2,1-5H3/p+1/b17-15-,23-21-. The van der Waals surface area contributed by atoms with Crippen LogP contribution in [-0.2, 0) is 28.6 Å². The molecule has 2 unspecified atom stereocenters. The lowest BCUT2D eigenvalue weighted by Gasteiger charge is -2.31. The van der Waals surface area contributed by atoms with E-state index in [1.807, 2.05) is 21.1 Å². The quantitative estimate of drug-likeness (QED) is 0.0283. The number of unbranched alkanes of at least 4 members (excludes halogenated alkanes) is 26. The molecule has 0 rings (SSSR count). The minimum Gasteiger partial charge on any atom is -0.477 e. The van der Waals surface area contributed by atoms with E-state index in [-0.39, 0.29) is 36.2 Å². The number of allylic oxidation sites excluding steroid dienone is 4. The average Bonchev–Trinajstić information content (AvgIpc) is 3.18. The van der Waals surface area contributed by atoms with Crippen LogP contribution in [0.25, 0.3) is 0 Å². The molecule has 1 N–H and O–H groups in total. The number of aliphatic carboxylic acids is 1. The minimum absolute atomic E-state index is 0.0494. The van der Waals surface area contributed by atoms with E-state index in [1.165, 1.54) is 141 Å². The molecule has 0 aromatic rings. The van der Waals surface area contributed by atoms with Crippen molar-refractivity contribution in [3.8, 4) is 0 Å². The highest BCUT2D eigenvalue weighted by atomic mass is 16.6. The lowest BCUT2D eigenvalue weighted by molar-refractivity contribution is -0.887. The van der Waals surface area contributed by atoms with Crippen molar-refractivity contribution in [1.29, 1.82) is 0 Å². The predicted molar refractivity (Wildman–Crippen MR) is 243 cm³/mol. The van der Waals surface area contributed by atoms with Gasteiger partial charge in [-0.2, -0.15) is 0 Å². The van der Waals surface area contributed by atoms with Crippen molar-refractivity contribution < 1.29 is 38.2 Å². The van der Waals surface area contributed by atoms with Crippen LogP contribution in [0.2, 0.25) is 0 Å². The third kappa shape index (κ3) is 39.3. The van der Waals surface area contributed by atoms with Crippen molar-refractivity contribution in [1.82, 2.24) is 0 Å². The molecule has 0 aliphatic heterocycles. The molecule has 0 aromatic heterocycles. The van der Waals surface area contributed by atoms with Gasteiger partial charge in [-0.1, -0.05) is 186 Å². The molecular weight excluding hydrogens is 727 g/mol. The Morgan fingerprint density at radius 2 is 0.914 bits per heavy atom. The summed E-state index contributed by atoms with van der Waals surface area (Å²) in [6, 6.07) is -0.613. The fraction of sp³-hybridized carbons (Fsp3) is 0.860. The summed E-state index contributed by atoms with van der Waals surface area (Å²) >= 11 is 0. The molecule has 0 aliphatic rings. The number of hydrogen-bond donors (Lipinski definition) is 1. The first-order chi connectivity index (χ1) is 28.1. The first-order valence-electron chi connectivity index (χ1n) is 24.4. The third-order valence-corrected chi connectivity index (χ3v) is 11.1. The van der Waals surface area contributed by atoms with E-state index in [0.29, 0.717) is 19.3 Å². The van der Waals surface area contributed by atoms with Gasteiger partial charge in [-0.15, -0.1) is 0 Å². The fourth-order valence-electron chi connectivity index (χ4n) is 7.30. The molecule has 0 radical (unpaired) electrons. The molecule has 0 bridgehead atoms. The summed E-state index contributed by atoms with van der Waals surface area (Å²) in [6.07, 6.45) is 46.4. The van der Waals surface area contributed by atoms with E-state index in [1.54, 1.807) is 0 Å². The Morgan fingerprint density at radius 1 is 0.517 bits per heavy atom. The monoisotopic (exact) mass is 821 g/mol. The highest BCUT2D eigenvalue weighted by Gasteiger charge is 2.31. The van der Waals surface area contributed by atoms with Crippen LogP contribution in [0.3, 0.4) is 0 Å². The number of carboxylic acids is 1. The molecule has 0 saturated carbocycles. The van der Waals surface area contributed by atoms with E-state index >= 15 is 0 Å². The molecule has 58 heavy (non-hydrogen) atoms. The van der Waals surface area contributed by atoms with Crippen molar-refractivity contribution in [3.63, 3.8) is 0 Å². The summed E-state index contributed by atoms with van der Waals surface area (Å²) in [7, 11) is 5.54. The smallest absolute Gasteiger partial charge is 0.362 e. The average molecular weight is 821 g/mol. The van der Waals surface area contributed by atoms with Crippen molar-refractivity contribution in [2.75, 3.05) is 41.0 Å². The summed E-state index contributed by atoms with van der Waals surface area (Å²) in [5, 5.41) is 9.64. The van der Waals surface area contributed by atoms with Crippen molar-refractivity contribution in [3.05, 3.63) is 24.3 Å². The number of likely N-dealkylation sites (N-methyl/N-ethyl adjacent to an activating group) is 1. The zero-order chi connectivity index (χ0) is 42.8. The number of carbonyl (C=O) groups is 3. The maximum atomic E-state index is 12.8. The number of carbonyl (C=O) groups excluding carboxylic acids is 2. The zero-order valence-corrected chi connectivity index (χ0v) is 38.8. The molecule has 8 nitrogen and oxygen atoms in total. The highest BCUT2D eigenvalue weighted by Crippen LogP contribution is 2.16. The Bertz CT molecular complexity index is 1000. The minimum atomic E-state index is -0.874. The van der Waals surface area contributed by atoms with Crippen LogP contribution >= 0.6 is 0 Å². The maximum absolute atomic E-state index is 12.8. The lowest BCUT2D eigenvalue weighted by atomic mass is 10.0. The van der Waals surface area contributed by atoms with E-state index < -0.39 is 18.1 Å². The van der Waals surface area contributed by atoms with Gasteiger partial charge in [0.25, 0.3) is 0 Å². The first kappa shape index (κ1) is 55.8. The fourth-order valence-corrected chi connectivity index (χ4v) is 7.30. The normalized spacial score (nSPS) is 13.1. The Kier molecular flexibility index (Phi) is 40.0. The number of quaternary nitrogens is 1. The van der Waals surface area contributed by atoms with Gasteiger partial charge in [0.2, 0.25) is 0 Å². The second kappa shape index (κ2) is 41.5. The van der Waals surface area contributed by atoms with Gasteiger partial charge in [0.05, 0.1) is 34.4 Å². The van der Waals surface area contributed by atoms with Gasteiger partial charge < -0.3 is 23.8 Å². The topological polar surface area (TPSA) is 99.1 Å². The molecule has 0 saturated heterocycles. The molecule has 0 amide bonds. The second-order valence-corrected chi connectivity index (χ2v) is 17.7. The number of rotatable bonds is 44. The van der Waals surface area contributed by atoms with Gasteiger partial charge >= 0.3 is 17.9 Å². The van der Waals surface area contributed by atoms with Crippen LogP contribution in [0.4, 0.5) is 0 Å². The predicted octanol–water partition coefficient (Wildman–Crippen LogP) is 13.6. The molecule has 340 valence electrons. The number of carboxylic acid groups (broad SMARTS) is 1. The molecule has 2 atom stereocenters. The van der Waals surface area contributed by atoms with Gasteiger partial charge in [0.15, 0.2) is 12.1 Å². The van der Waals surface area contributed by atoms with Gasteiger partial charge in [-0.25, -0.2) is 4.79 Å². The summed E-state index contributed by atoms with van der Waals surface area (Å²) in [5.74, 6) is -1.46. The van der Waals surface area contributed by atoms with Gasteiger partial charge in [-0.3, -0.25) is 9.59 Å². The van der Waals surface area contributed by atoms with E-state index in [4.69, 9.17) is 14.2 Å². The van der Waals surface area contributed by atoms with E-state index in [9.17, 15) is 19.5 Å². The Labute approximate surface area is 358 Å². The van der Waals surface area contributed by atoms with Crippen LogP contribution in [0.1, 0.15) is 226 Å². The first-order valence-corrected chi connectivity index (χ1v) is 24.4. The SMILES string of the molecule is CCCCC/C=C\C/C=C\CCCCCCCCCC(=O)OC(COCCC(C(=O)O)[N+](C)(C)C)COC(=O)CCCCCCCCCCCCCCCCCCC. The lowest BCUT2D eigenvalue weighted by Crippen LogP contribution is -2.50. The number of ether oxygens (including phenoxy) is 3. The molecule has 0 aliphatic carbocycles. The number of nitrogens with zero attached hydrogens (tertiary/aromatic N) is 1. The third-order valence-electron chi connectivity index (χ3n) is 11.1. The van der Waals surface area contributed by atoms with Gasteiger partial charge in [-0.05, 0) is 44.9 Å². The van der Waals surface area contributed by atoms with Crippen LogP contribution in [0, 0.1) is 0 Å². The summed E-state index contributed by atoms with van der Waals surface area (Å²) < 4.78 is 17.3. The largest absolute Gasteiger partial charge is 0.477 e. The summed E-state index contributed by atoms with van der Waals surface area (Å²) in [5.41, 5.74) is 0. The Hall–Kier alpha value is -2.19. The molecule has 0 fully saturated rings. The van der Waals surface area contributed by atoms with E-state index in [0.717, 1.165) is 51.4 Å². The second-order valence-electron chi connectivity index (χ2n) is 17.7. The zero-order valence-electron chi connectivity index (χ0n) is 38.8. The van der Waals surface area contributed by atoms with Crippen molar-refractivity contribution >= 4 is 17.9 Å². The maximum Gasteiger partial charge on any atom is 0.362 e. The Morgan fingerprint density at radius 3 is 1.36 bits per heavy atom. The molecule has 0 heterocycles. The number of esters is 2. The van der Waals surface area contributed by atoms with Gasteiger partial charge in [0.1, 0.15) is 6.61 Å². The van der Waals surface area contributed by atoms with Crippen molar-refractivity contribution in [2.45, 2.75) is 238 Å². The van der Waals surface area contributed by atoms with Crippen LogP contribution in [0.15, 0.2) is 24.3 Å². The number of hydrogen-bond acceptors (Lipinski definition) is 6. The summed E-state index contributed by atoms with van der Waals surface area (Å²) in [6.45, 7) is 4.74. The van der Waals surface area contributed by atoms with Crippen molar-refractivity contribution in [2.24, 2.45) is 0 Å². The van der Waals surface area contributed by atoms with Crippen LogP contribution < -0.4 is 0 Å². The van der Waals surface area contributed by atoms with Crippen LogP contribution in [-0.4, -0.2) is 80.6 Å². The van der Waals surface area contributed by atoms with Gasteiger partial charge in [0, 0.05) is 19.3 Å². The molecule has 0 spiro atoms. The van der Waals surface area contributed by atoms with E-state index in [2.05, 4.69) is 38.2 Å². The summed E-state index contributed by atoms with van der Waals surface area (Å²) in [4.78, 5) is 37.1. The molecule has 0 aromatic carbocycles. The molecular formula is C50H94NO7+. The van der Waals surface area contributed by atoms with Crippen LogP contribution in [0.5, 0.6) is 0 Å². The Balaban J connectivity index is 4.27. The highest BCUT2D eigenvalue weighted by molar-refractivity contribution is 5.72.